The van der Waals surface area contributed by atoms with E-state index in [1.807, 2.05) is 0 Å². The van der Waals surface area contributed by atoms with Crippen LogP contribution in [0.4, 0.5) is 0 Å². The summed E-state index contributed by atoms with van der Waals surface area (Å²) in [7, 11) is -1.72. The fourth-order valence-corrected chi connectivity index (χ4v) is 9.64. The van der Waals surface area contributed by atoms with E-state index in [1.165, 1.54) is 32.1 Å². The normalized spacial score (nSPS) is 17.4. The molecule has 0 aliphatic heterocycles. The third-order valence-electron chi connectivity index (χ3n) is 5.34. The van der Waals surface area contributed by atoms with Gasteiger partial charge in [0.2, 0.25) is 8.32 Å². The van der Waals surface area contributed by atoms with Gasteiger partial charge < -0.3 is 4.43 Å². The molecule has 0 aromatic heterocycles. The van der Waals surface area contributed by atoms with Crippen molar-refractivity contribution >= 4 is 8.32 Å². The maximum Gasteiger partial charge on any atom is 0.201 e. The van der Waals surface area contributed by atoms with Crippen molar-refractivity contribution in [3.8, 4) is 11.8 Å². The van der Waals surface area contributed by atoms with E-state index in [4.69, 9.17) is 4.43 Å². The number of hydrogen-bond acceptors (Lipinski definition) is 1. The van der Waals surface area contributed by atoms with E-state index in [9.17, 15) is 0 Å². The molecule has 122 valence electrons. The molecule has 0 atom stereocenters. The Hall–Kier alpha value is -0.263. The van der Waals surface area contributed by atoms with Gasteiger partial charge in [-0.25, -0.2) is 0 Å². The average molecular weight is 309 g/mol. The third-order valence-corrected chi connectivity index (χ3v) is 11.4. The van der Waals surface area contributed by atoms with E-state index in [2.05, 4.69) is 53.4 Å². The highest BCUT2D eigenvalue weighted by Gasteiger charge is 2.44. The summed E-state index contributed by atoms with van der Waals surface area (Å²) in [4.78, 5) is 0. The van der Waals surface area contributed by atoms with Crippen LogP contribution in [0, 0.1) is 17.8 Å². The van der Waals surface area contributed by atoms with Crippen molar-refractivity contribution in [1.82, 2.24) is 0 Å². The van der Waals surface area contributed by atoms with Gasteiger partial charge in [-0.05, 0) is 35.4 Å². The molecule has 0 spiro atoms. The highest BCUT2D eigenvalue weighted by atomic mass is 28.4. The molecule has 0 aromatic carbocycles. The second kappa shape index (κ2) is 9.01. The molecule has 0 aromatic rings. The fourth-order valence-electron chi connectivity index (χ4n) is 4.32. The van der Waals surface area contributed by atoms with Gasteiger partial charge in [-0.2, -0.15) is 0 Å². The first-order chi connectivity index (χ1) is 9.91. The van der Waals surface area contributed by atoms with Crippen LogP contribution in [0.15, 0.2) is 0 Å². The minimum absolute atomic E-state index is 0.646. The lowest BCUT2D eigenvalue weighted by Crippen LogP contribution is -2.47. The van der Waals surface area contributed by atoms with Gasteiger partial charge in [-0.15, -0.1) is 5.92 Å². The molecule has 1 saturated carbocycles. The summed E-state index contributed by atoms with van der Waals surface area (Å²) in [5.41, 5.74) is 1.95. The maximum atomic E-state index is 6.47. The van der Waals surface area contributed by atoms with Crippen molar-refractivity contribution in [2.45, 2.75) is 96.7 Å². The average Bonchev–Trinajstić information content (AvgIpc) is 2.42. The third kappa shape index (κ3) is 5.15. The lowest BCUT2D eigenvalue weighted by molar-refractivity contribution is 0.322. The quantitative estimate of drug-likeness (QED) is 0.422. The molecule has 0 N–H and O–H groups in total. The molecule has 0 bridgehead atoms. The molecule has 0 heterocycles. The highest BCUT2D eigenvalue weighted by Crippen LogP contribution is 2.42. The molecule has 21 heavy (non-hydrogen) atoms. The Morgan fingerprint density at radius 3 is 1.86 bits per heavy atom. The van der Waals surface area contributed by atoms with Gasteiger partial charge in [-0.3, -0.25) is 0 Å². The summed E-state index contributed by atoms with van der Waals surface area (Å²) >= 11 is 0. The molecule has 0 radical (unpaired) electrons. The summed E-state index contributed by atoms with van der Waals surface area (Å²) in [6.45, 7) is 14.7. The second-order valence-electron chi connectivity index (χ2n) is 7.67. The Morgan fingerprint density at radius 1 is 0.857 bits per heavy atom. The van der Waals surface area contributed by atoms with Crippen molar-refractivity contribution in [1.29, 1.82) is 0 Å². The molecular weight excluding hydrogens is 272 g/mol. The van der Waals surface area contributed by atoms with Gasteiger partial charge in [0.1, 0.15) is 0 Å². The molecule has 0 saturated heterocycles. The Bertz CT molecular complexity index is 321. The van der Waals surface area contributed by atoms with Crippen molar-refractivity contribution in [2.75, 3.05) is 6.61 Å². The molecule has 2 heteroatoms. The Labute approximate surface area is 134 Å². The van der Waals surface area contributed by atoms with Crippen LogP contribution in [-0.2, 0) is 4.43 Å². The summed E-state index contributed by atoms with van der Waals surface area (Å²) in [6.07, 6.45) is 8.11. The lowest BCUT2D eigenvalue weighted by atomic mass is 9.87. The number of hydrogen-bond donors (Lipinski definition) is 0. The van der Waals surface area contributed by atoms with Crippen LogP contribution in [0.5, 0.6) is 0 Å². The van der Waals surface area contributed by atoms with Crippen LogP contribution in [-0.4, -0.2) is 14.9 Å². The standard InChI is InChI=1S/C19H36OSi/c1-16(2)21(17(3)4,18(5)6)20-15-11-10-14-19-12-8-7-9-13-19/h16-19H,7-9,12-15H2,1-6H3. The minimum Gasteiger partial charge on any atom is -0.405 e. The zero-order valence-corrected chi connectivity index (χ0v) is 16.2. The Balaban J connectivity index is 2.50. The molecule has 1 aliphatic carbocycles. The fraction of sp³-hybridized carbons (Fsp3) is 0.895. The minimum atomic E-state index is -1.72. The monoisotopic (exact) mass is 308 g/mol. The SMILES string of the molecule is CC(C)[Si](OCC#CCC1CCCCC1)(C(C)C)C(C)C. The zero-order chi connectivity index (χ0) is 15.9. The van der Waals surface area contributed by atoms with Crippen molar-refractivity contribution in [3.63, 3.8) is 0 Å². The Kier molecular flexibility index (Phi) is 8.06. The molecule has 1 fully saturated rings. The molecule has 0 unspecified atom stereocenters. The molecule has 1 rings (SSSR count). The van der Waals surface area contributed by atoms with Crippen LogP contribution >= 0.6 is 0 Å². The summed E-state index contributed by atoms with van der Waals surface area (Å²) in [5, 5.41) is 0. The first-order valence-corrected chi connectivity index (χ1v) is 11.1. The first kappa shape index (κ1) is 18.8. The molecular formula is C19H36OSi. The van der Waals surface area contributed by atoms with E-state index in [0.717, 1.165) is 12.3 Å². The summed E-state index contributed by atoms with van der Waals surface area (Å²) in [5.74, 6) is 7.56. The molecule has 1 aliphatic rings. The van der Waals surface area contributed by atoms with E-state index < -0.39 is 8.32 Å². The first-order valence-electron chi connectivity index (χ1n) is 9.00. The Morgan fingerprint density at radius 2 is 1.38 bits per heavy atom. The van der Waals surface area contributed by atoms with Gasteiger partial charge in [0, 0.05) is 6.42 Å². The van der Waals surface area contributed by atoms with E-state index in [1.54, 1.807) is 0 Å². The molecule has 1 nitrogen and oxygen atoms in total. The van der Waals surface area contributed by atoms with Gasteiger partial charge >= 0.3 is 0 Å². The van der Waals surface area contributed by atoms with Crippen LogP contribution in [0.1, 0.15) is 80.1 Å². The smallest absolute Gasteiger partial charge is 0.201 e. The van der Waals surface area contributed by atoms with Gasteiger partial charge in [0.25, 0.3) is 0 Å². The van der Waals surface area contributed by atoms with Crippen molar-refractivity contribution in [3.05, 3.63) is 0 Å². The zero-order valence-electron chi connectivity index (χ0n) is 15.2. The highest BCUT2D eigenvalue weighted by molar-refractivity contribution is 6.77. The predicted octanol–water partition coefficient (Wildman–Crippen LogP) is 6.15. The lowest BCUT2D eigenvalue weighted by Gasteiger charge is -2.41. The summed E-state index contributed by atoms with van der Waals surface area (Å²) < 4.78 is 6.47. The number of rotatable bonds is 6. The topological polar surface area (TPSA) is 9.23 Å². The summed E-state index contributed by atoms with van der Waals surface area (Å²) in [6, 6.07) is 0. The van der Waals surface area contributed by atoms with Crippen LogP contribution in [0.25, 0.3) is 0 Å². The van der Waals surface area contributed by atoms with Crippen LogP contribution < -0.4 is 0 Å². The van der Waals surface area contributed by atoms with Crippen molar-refractivity contribution in [2.24, 2.45) is 5.92 Å². The van der Waals surface area contributed by atoms with Gasteiger partial charge in [0.15, 0.2) is 0 Å². The molecule has 0 amide bonds. The second-order valence-corrected chi connectivity index (χ2v) is 13.1. The maximum absolute atomic E-state index is 6.47. The van der Waals surface area contributed by atoms with Gasteiger partial charge in [0.05, 0.1) is 6.61 Å². The predicted molar refractivity (Wildman–Crippen MR) is 96.0 cm³/mol. The van der Waals surface area contributed by atoms with Crippen LogP contribution in [0.3, 0.4) is 0 Å². The van der Waals surface area contributed by atoms with Gasteiger partial charge in [-0.1, -0.05) is 66.7 Å². The van der Waals surface area contributed by atoms with E-state index >= 15 is 0 Å². The van der Waals surface area contributed by atoms with E-state index in [-0.39, 0.29) is 0 Å². The largest absolute Gasteiger partial charge is 0.405 e. The van der Waals surface area contributed by atoms with E-state index in [0.29, 0.717) is 23.2 Å². The van der Waals surface area contributed by atoms with Crippen LogP contribution in [0.2, 0.25) is 16.6 Å². The van der Waals surface area contributed by atoms with Crippen molar-refractivity contribution < 1.29 is 4.43 Å².